The normalized spacial score (nSPS) is 10.8. The van der Waals surface area contributed by atoms with E-state index in [-0.39, 0.29) is 11.5 Å². The molecule has 0 atom stereocenters. The standard InChI is InChI=1S/C29H21NO3/c1-33-21-17-15-20(16-18-21)29(32)27-26(19-9-3-2-4-10-19)22-11-5-7-13-24(22)30-28(27)23-12-6-8-14-25(23)31/h2-18,31H,1H3. The van der Waals surface area contributed by atoms with E-state index in [0.717, 1.165) is 22.0 Å². The van der Waals surface area contributed by atoms with Crippen molar-refractivity contribution in [2.24, 2.45) is 0 Å². The summed E-state index contributed by atoms with van der Waals surface area (Å²) in [5.41, 5.74) is 4.38. The Morgan fingerprint density at radius 2 is 1.45 bits per heavy atom. The number of aromatic hydroxyl groups is 1. The number of hydrogen-bond acceptors (Lipinski definition) is 4. The molecule has 4 nitrogen and oxygen atoms in total. The number of benzene rings is 4. The lowest BCUT2D eigenvalue weighted by Crippen LogP contribution is -2.09. The molecule has 4 heteroatoms. The van der Waals surface area contributed by atoms with Crippen molar-refractivity contribution in [1.82, 2.24) is 4.98 Å². The van der Waals surface area contributed by atoms with Gasteiger partial charge >= 0.3 is 0 Å². The highest BCUT2D eigenvalue weighted by molar-refractivity contribution is 6.20. The Morgan fingerprint density at radius 3 is 2.18 bits per heavy atom. The fraction of sp³-hybridized carbons (Fsp3) is 0.0345. The minimum atomic E-state index is -0.173. The molecule has 0 amide bonds. The molecule has 1 heterocycles. The second-order valence-electron chi connectivity index (χ2n) is 7.67. The number of hydrogen-bond donors (Lipinski definition) is 1. The minimum Gasteiger partial charge on any atom is -0.507 e. The number of nitrogens with zero attached hydrogens (tertiary/aromatic N) is 1. The number of aromatic nitrogens is 1. The third-order valence-corrected chi connectivity index (χ3v) is 5.69. The lowest BCUT2D eigenvalue weighted by molar-refractivity contribution is 0.104. The SMILES string of the molecule is COc1ccc(C(=O)c2c(-c3ccccc3O)nc3ccccc3c2-c2ccccc2)cc1. The first kappa shape index (κ1) is 20.5. The molecule has 5 rings (SSSR count). The topological polar surface area (TPSA) is 59.4 Å². The number of pyridine rings is 1. The maximum absolute atomic E-state index is 14.0. The van der Waals surface area contributed by atoms with Crippen LogP contribution in [0.3, 0.4) is 0 Å². The van der Waals surface area contributed by atoms with Gasteiger partial charge in [0.2, 0.25) is 0 Å². The number of phenols is 1. The van der Waals surface area contributed by atoms with Gasteiger partial charge in [-0.05, 0) is 48.0 Å². The van der Waals surface area contributed by atoms with Gasteiger partial charge in [-0.2, -0.15) is 0 Å². The van der Waals surface area contributed by atoms with Crippen molar-refractivity contribution in [2.75, 3.05) is 7.11 Å². The zero-order valence-corrected chi connectivity index (χ0v) is 18.0. The number of fused-ring (bicyclic) bond motifs is 1. The van der Waals surface area contributed by atoms with Gasteiger partial charge in [-0.3, -0.25) is 4.79 Å². The first-order chi connectivity index (χ1) is 16.2. The van der Waals surface area contributed by atoms with E-state index >= 15 is 0 Å². The first-order valence-electron chi connectivity index (χ1n) is 10.6. The van der Waals surface area contributed by atoms with Crippen LogP contribution in [0.4, 0.5) is 0 Å². The fourth-order valence-electron chi connectivity index (χ4n) is 4.09. The highest BCUT2D eigenvalue weighted by atomic mass is 16.5. The summed E-state index contributed by atoms with van der Waals surface area (Å²) in [6.07, 6.45) is 0. The fourth-order valence-corrected chi connectivity index (χ4v) is 4.09. The lowest BCUT2D eigenvalue weighted by atomic mass is 9.87. The van der Waals surface area contributed by atoms with E-state index in [1.165, 1.54) is 0 Å². The summed E-state index contributed by atoms with van der Waals surface area (Å²) < 4.78 is 5.26. The van der Waals surface area contributed by atoms with Crippen molar-refractivity contribution in [1.29, 1.82) is 0 Å². The smallest absolute Gasteiger partial charge is 0.195 e. The molecule has 0 aliphatic rings. The van der Waals surface area contributed by atoms with Crippen molar-refractivity contribution in [3.8, 4) is 33.9 Å². The van der Waals surface area contributed by atoms with E-state index in [2.05, 4.69) is 0 Å². The third kappa shape index (κ3) is 3.72. The van der Waals surface area contributed by atoms with Crippen LogP contribution in [-0.2, 0) is 0 Å². The van der Waals surface area contributed by atoms with Crippen LogP contribution in [0.1, 0.15) is 15.9 Å². The maximum Gasteiger partial charge on any atom is 0.195 e. The molecule has 160 valence electrons. The third-order valence-electron chi connectivity index (χ3n) is 5.69. The molecule has 4 aromatic carbocycles. The average molecular weight is 431 g/mol. The zero-order valence-electron chi connectivity index (χ0n) is 18.0. The van der Waals surface area contributed by atoms with Crippen LogP contribution in [0.25, 0.3) is 33.3 Å². The maximum atomic E-state index is 14.0. The van der Waals surface area contributed by atoms with E-state index in [9.17, 15) is 9.90 Å². The van der Waals surface area contributed by atoms with Gasteiger partial charge in [0.15, 0.2) is 5.78 Å². The van der Waals surface area contributed by atoms with Crippen LogP contribution >= 0.6 is 0 Å². The minimum absolute atomic E-state index is 0.0723. The number of rotatable bonds is 5. The van der Waals surface area contributed by atoms with Crippen LogP contribution < -0.4 is 4.74 Å². The molecule has 0 saturated carbocycles. The molecule has 5 aromatic rings. The second kappa shape index (κ2) is 8.60. The molecular weight excluding hydrogens is 410 g/mol. The van der Waals surface area contributed by atoms with Gasteiger partial charge in [0, 0.05) is 22.1 Å². The number of ketones is 1. The summed E-state index contributed by atoms with van der Waals surface area (Å²) >= 11 is 0. The molecule has 0 unspecified atom stereocenters. The molecule has 1 N–H and O–H groups in total. The van der Waals surface area contributed by atoms with Crippen LogP contribution in [0.2, 0.25) is 0 Å². The second-order valence-corrected chi connectivity index (χ2v) is 7.67. The van der Waals surface area contributed by atoms with E-state index in [1.807, 2.05) is 60.7 Å². The molecule has 33 heavy (non-hydrogen) atoms. The summed E-state index contributed by atoms with van der Waals surface area (Å²) in [7, 11) is 1.59. The van der Waals surface area contributed by atoms with E-state index in [4.69, 9.17) is 9.72 Å². The first-order valence-corrected chi connectivity index (χ1v) is 10.6. The van der Waals surface area contributed by atoms with Gasteiger partial charge in [0.25, 0.3) is 0 Å². The predicted molar refractivity (Wildman–Crippen MR) is 131 cm³/mol. The molecule has 0 bridgehead atoms. The molecule has 0 fully saturated rings. The number of carbonyl (C=O) groups is 1. The van der Waals surface area contributed by atoms with E-state index in [1.54, 1.807) is 49.6 Å². The molecule has 0 saturated heterocycles. The van der Waals surface area contributed by atoms with Gasteiger partial charge < -0.3 is 9.84 Å². The Labute approximate surface area is 191 Å². The van der Waals surface area contributed by atoms with Gasteiger partial charge in [0.1, 0.15) is 11.5 Å². The Hall–Kier alpha value is -4.44. The Balaban J connectivity index is 1.89. The Kier molecular flexibility index (Phi) is 5.33. The number of carbonyl (C=O) groups excluding carboxylic acids is 1. The van der Waals surface area contributed by atoms with Crippen LogP contribution in [0, 0.1) is 0 Å². The highest BCUT2D eigenvalue weighted by Crippen LogP contribution is 2.40. The summed E-state index contributed by atoms with van der Waals surface area (Å²) in [5.74, 6) is 0.573. The summed E-state index contributed by atoms with van der Waals surface area (Å²) in [6.45, 7) is 0. The van der Waals surface area contributed by atoms with Crippen molar-refractivity contribution in [3.63, 3.8) is 0 Å². The Bertz CT molecular complexity index is 1460. The van der Waals surface area contributed by atoms with Crippen molar-refractivity contribution < 1.29 is 14.6 Å². The van der Waals surface area contributed by atoms with Gasteiger partial charge in [-0.25, -0.2) is 4.98 Å². The number of methoxy groups -OCH3 is 1. The van der Waals surface area contributed by atoms with Crippen LogP contribution in [0.15, 0.2) is 103 Å². The van der Waals surface area contributed by atoms with Crippen LogP contribution in [0.5, 0.6) is 11.5 Å². The zero-order chi connectivity index (χ0) is 22.8. The molecule has 0 spiro atoms. The van der Waals surface area contributed by atoms with Crippen LogP contribution in [-0.4, -0.2) is 23.0 Å². The summed E-state index contributed by atoms with van der Waals surface area (Å²) in [4.78, 5) is 18.9. The molecule has 1 aromatic heterocycles. The molecule has 0 aliphatic heterocycles. The number of para-hydroxylation sites is 2. The highest BCUT2D eigenvalue weighted by Gasteiger charge is 2.25. The summed E-state index contributed by atoms with van der Waals surface area (Å²) in [6, 6.07) is 31.6. The van der Waals surface area contributed by atoms with E-state index < -0.39 is 0 Å². The quantitative estimate of drug-likeness (QED) is 0.322. The van der Waals surface area contributed by atoms with Crippen molar-refractivity contribution >= 4 is 16.7 Å². The molecule has 0 aliphatic carbocycles. The molecule has 0 radical (unpaired) electrons. The van der Waals surface area contributed by atoms with Gasteiger partial charge in [0.05, 0.1) is 23.9 Å². The van der Waals surface area contributed by atoms with Gasteiger partial charge in [-0.15, -0.1) is 0 Å². The van der Waals surface area contributed by atoms with Gasteiger partial charge in [-0.1, -0.05) is 60.7 Å². The molecular formula is C29H21NO3. The number of phenolic OH excluding ortho intramolecular Hbond substituents is 1. The predicted octanol–water partition coefficient (Wildman–Crippen LogP) is 6.51. The monoisotopic (exact) mass is 431 g/mol. The largest absolute Gasteiger partial charge is 0.507 e. The lowest BCUT2D eigenvalue weighted by Gasteiger charge is -2.18. The average Bonchev–Trinajstić information content (AvgIpc) is 2.88. The van der Waals surface area contributed by atoms with E-state index in [0.29, 0.717) is 28.1 Å². The number of ether oxygens (including phenoxy) is 1. The van der Waals surface area contributed by atoms with Crippen molar-refractivity contribution in [3.05, 3.63) is 114 Å². The van der Waals surface area contributed by atoms with Crippen molar-refractivity contribution in [2.45, 2.75) is 0 Å². The Morgan fingerprint density at radius 1 is 0.788 bits per heavy atom. The summed E-state index contributed by atoms with van der Waals surface area (Å²) in [5, 5.41) is 11.5.